The van der Waals surface area contributed by atoms with Crippen LogP contribution in [0.4, 0.5) is 5.69 Å². The van der Waals surface area contributed by atoms with E-state index >= 15 is 0 Å². The van der Waals surface area contributed by atoms with Gasteiger partial charge in [0, 0.05) is 6.07 Å². The first kappa shape index (κ1) is 9.31. The van der Waals surface area contributed by atoms with Crippen LogP contribution < -0.4 is 4.74 Å². The molecular formula is C8H9NO4. The molecule has 0 radical (unpaired) electrons. The lowest BCUT2D eigenvalue weighted by Crippen LogP contribution is -1.93. The van der Waals surface area contributed by atoms with Crippen molar-refractivity contribution in [3.8, 4) is 11.5 Å². The quantitative estimate of drug-likeness (QED) is 0.558. The van der Waals surface area contributed by atoms with Crippen LogP contribution in [-0.4, -0.2) is 17.1 Å². The van der Waals surface area contributed by atoms with Crippen molar-refractivity contribution in [3.63, 3.8) is 0 Å². The van der Waals surface area contributed by atoms with Crippen molar-refractivity contribution in [2.24, 2.45) is 0 Å². The van der Waals surface area contributed by atoms with Crippen molar-refractivity contribution in [2.75, 3.05) is 7.11 Å². The zero-order valence-electron chi connectivity index (χ0n) is 7.27. The molecule has 0 heterocycles. The van der Waals surface area contributed by atoms with E-state index in [4.69, 9.17) is 4.74 Å². The van der Waals surface area contributed by atoms with Crippen LogP contribution in [0, 0.1) is 17.0 Å². The zero-order valence-corrected chi connectivity index (χ0v) is 7.27. The van der Waals surface area contributed by atoms with Crippen LogP contribution in [0.25, 0.3) is 0 Å². The summed E-state index contributed by atoms with van der Waals surface area (Å²) in [7, 11) is 1.39. The summed E-state index contributed by atoms with van der Waals surface area (Å²) in [4.78, 5) is 9.88. The lowest BCUT2D eigenvalue weighted by atomic mass is 10.1. The molecule has 70 valence electrons. The maximum atomic E-state index is 10.4. The fraction of sp³-hybridized carbons (Fsp3) is 0.250. The van der Waals surface area contributed by atoms with Crippen LogP contribution in [0.1, 0.15) is 5.56 Å². The Kier molecular flexibility index (Phi) is 2.36. The summed E-state index contributed by atoms with van der Waals surface area (Å²) in [6.07, 6.45) is 0. The number of nitro groups is 1. The monoisotopic (exact) mass is 183 g/mol. The summed E-state index contributed by atoms with van der Waals surface area (Å²) >= 11 is 0. The van der Waals surface area contributed by atoms with E-state index in [0.717, 1.165) is 0 Å². The molecule has 0 spiro atoms. The highest BCUT2D eigenvalue weighted by molar-refractivity contribution is 5.55. The molecule has 0 saturated heterocycles. The highest BCUT2D eigenvalue weighted by Gasteiger charge is 2.16. The first-order valence-corrected chi connectivity index (χ1v) is 3.59. The normalized spacial score (nSPS) is 9.69. The van der Waals surface area contributed by atoms with Gasteiger partial charge in [-0.25, -0.2) is 0 Å². The lowest BCUT2D eigenvalue weighted by Gasteiger charge is -2.05. The van der Waals surface area contributed by atoms with E-state index in [-0.39, 0.29) is 22.7 Å². The molecule has 0 fully saturated rings. The molecule has 0 saturated carbocycles. The number of aromatic hydroxyl groups is 1. The van der Waals surface area contributed by atoms with Gasteiger partial charge in [0.25, 0.3) is 5.69 Å². The molecule has 1 rings (SSSR count). The van der Waals surface area contributed by atoms with Gasteiger partial charge in [0.2, 0.25) is 0 Å². The van der Waals surface area contributed by atoms with Gasteiger partial charge in [0.1, 0.15) is 0 Å². The van der Waals surface area contributed by atoms with Crippen molar-refractivity contribution in [3.05, 3.63) is 27.8 Å². The molecule has 0 aliphatic heterocycles. The van der Waals surface area contributed by atoms with Crippen molar-refractivity contribution >= 4 is 5.69 Å². The van der Waals surface area contributed by atoms with Crippen molar-refractivity contribution in [2.45, 2.75) is 6.92 Å². The molecule has 1 aromatic carbocycles. The van der Waals surface area contributed by atoms with Gasteiger partial charge in [-0.1, -0.05) is 0 Å². The van der Waals surface area contributed by atoms with Crippen LogP contribution in [0.2, 0.25) is 0 Å². The average Bonchev–Trinajstić information content (AvgIpc) is 2.09. The molecule has 0 atom stereocenters. The van der Waals surface area contributed by atoms with Crippen molar-refractivity contribution in [1.29, 1.82) is 0 Å². The van der Waals surface area contributed by atoms with Gasteiger partial charge in [0.15, 0.2) is 11.5 Å². The topological polar surface area (TPSA) is 72.6 Å². The van der Waals surface area contributed by atoms with E-state index in [0.29, 0.717) is 0 Å². The average molecular weight is 183 g/mol. The number of nitrogens with zero attached hydrogens (tertiary/aromatic N) is 1. The number of ether oxygens (including phenoxy) is 1. The fourth-order valence-corrected chi connectivity index (χ4v) is 1.03. The van der Waals surface area contributed by atoms with Gasteiger partial charge in [-0.2, -0.15) is 0 Å². The Morgan fingerprint density at radius 2 is 2.15 bits per heavy atom. The predicted molar refractivity (Wildman–Crippen MR) is 46.1 cm³/mol. The Morgan fingerprint density at radius 3 is 2.62 bits per heavy atom. The minimum atomic E-state index is -0.547. The number of phenols is 1. The molecule has 0 aliphatic carbocycles. The van der Waals surface area contributed by atoms with E-state index in [9.17, 15) is 15.2 Å². The molecule has 0 aromatic heterocycles. The van der Waals surface area contributed by atoms with Crippen LogP contribution in [0.15, 0.2) is 12.1 Å². The third-order valence-electron chi connectivity index (χ3n) is 1.78. The molecule has 0 unspecified atom stereocenters. The molecule has 5 nitrogen and oxygen atoms in total. The number of methoxy groups -OCH3 is 1. The SMILES string of the molecule is COc1ccc([N+](=O)[O-])c(C)c1O. The number of hydrogen-bond acceptors (Lipinski definition) is 4. The third-order valence-corrected chi connectivity index (χ3v) is 1.78. The second kappa shape index (κ2) is 3.30. The van der Waals surface area contributed by atoms with Gasteiger partial charge in [-0.15, -0.1) is 0 Å². The Hall–Kier alpha value is -1.78. The summed E-state index contributed by atoms with van der Waals surface area (Å²) in [6.45, 7) is 1.47. The summed E-state index contributed by atoms with van der Waals surface area (Å²) < 4.78 is 4.79. The molecule has 0 aliphatic rings. The molecule has 0 bridgehead atoms. The maximum absolute atomic E-state index is 10.4. The van der Waals surface area contributed by atoms with Crippen molar-refractivity contribution in [1.82, 2.24) is 0 Å². The first-order valence-electron chi connectivity index (χ1n) is 3.59. The van der Waals surface area contributed by atoms with Crippen molar-refractivity contribution < 1.29 is 14.8 Å². The van der Waals surface area contributed by atoms with E-state index < -0.39 is 4.92 Å². The highest BCUT2D eigenvalue weighted by atomic mass is 16.6. The number of benzene rings is 1. The van der Waals surface area contributed by atoms with Gasteiger partial charge in [-0.3, -0.25) is 10.1 Å². The lowest BCUT2D eigenvalue weighted by molar-refractivity contribution is -0.385. The van der Waals surface area contributed by atoms with Crippen LogP contribution in [0.3, 0.4) is 0 Å². The van der Waals surface area contributed by atoms with Gasteiger partial charge < -0.3 is 9.84 Å². The van der Waals surface area contributed by atoms with Crippen LogP contribution in [-0.2, 0) is 0 Å². The highest BCUT2D eigenvalue weighted by Crippen LogP contribution is 2.34. The number of hydrogen-bond donors (Lipinski definition) is 1. The standard InChI is InChI=1S/C8H9NO4/c1-5-6(9(11)12)3-4-7(13-2)8(5)10/h3-4,10H,1-2H3. The molecule has 1 aromatic rings. The summed E-state index contributed by atoms with van der Waals surface area (Å²) in [5.74, 6) is 0.0554. The maximum Gasteiger partial charge on any atom is 0.276 e. The molecular weight excluding hydrogens is 174 g/mol. The largest absolute Gasteiger partial charge is 0.504 e. The van der Waals surface area contributed by atoms with E-state index in [1.807, 2.05) is 0 Å². The first-order chi connectivity index (χ1) is 6.07. The minimum absolute atomic E-state index is 0.113. The summed E-state index contributed by atoms with van der Waals surface area (Å²) in [5, 5.41) is 19.8. The van der Waals surface area contributed by atoms with E-state index in [2.05, 4.69) is 0 Å². The number of phenolic OH excluding ortho intramolecular Hbond substituents is 1. The van der Waals surface area contributed by atoms with Gasteiger partial charge in [0.05, 0.1) is 17.6 Å². The second-order valence-corrected chi connectivity index (χ2v) is 2.52. The summed E-state index contributed by atoms with van der Waals surface area (Å²) in [5.41, 5.74) is 0.0997. The Morgan fingerprint density at radius 1 is 1.54 bits per heavy atom. The molecule has 13 heavy (non-hydrogen) atoms. The minimum Gasteiger partial charge on any atom is -0.504 e. The molecule has 1 N–H and O–H groups in total. The summed E-state index contributed by atoms with van der Waals surface area (Å²) in [6, 6.07) is 2.66. The smallest absolute Gasteiger partial charge is 0.276 e. The Balaban J connectivity index is 3.31. The van der Waals surface area contributed by atoms with Crippen LogP contribution in [0.5, 0.6) is 11.5 Å². The Bertz CT molecular complexity index is 348. The van der Waals surface area contributed by atoms with E-state index in [1.54, 1.807) is 0 Å². The van der Waals surface area contributed by atoms with Gasteiger partial charge in [-0.05, 0) is 13.0 Å². The van der Waals surface area contributed by atoms with E-state index in [1.165, 1.54) is 26.2 Å². The van der Waals surface area contributed by atoms with Gasteiger partial charge >= 0.3 is 0 Å². The Labute approximate surface area is 74.7 Å². The fourth-order valence-electron chi connectivity index (χ4n) is 1.03. The second-order valence-electron chi connectivity index (χ2n) is 2.52. The molecule has 0 amide bonds. The zero-order chi connectivity index (χ0) is 10.0. The third kappa shape index (κ3) is 1.53. The number of rotatable bonds is 2. The number of nitro benzene ring substituents is 1. The van der Waals surface area contributed by atoms with Crippen LogP contribution >= 0.6 is 0 Å². The predicted octanol–water partition coefficient (Wildman–Crippen LogP) is 1.62. The molecule has 5 heteroatoms.